The first-order chi connectivity index (χ1) is 14.7. The minimum atomic E-state index is 0.216. The lowest BCUT2D eigenvalue weighted by Gasteiger charge is -2.11. The van der Waals surface area contributed by atoms with Gasteiger partial charge in [-0.1, -0.05) is 22.8 Å². The number of methoxy groups -OCH3 is 1. The average molecular weight is 394 g/mol. The molecule has 2 aromatic heterocycles. The number of hydrogen-bond donors (Lipinski definition) is 0. The third-order valence-corrected chi connectivity index (χ3v) is 5.05. The van der Waals surface area contributed by atoms with Crippen LogP contribution in [0.3, 0.4) is 0 Å². The highest BCUT2D eigenvalue weighted by Gasteiger charge is 2.26. The lowest BCUT2D eigenvalue weighted by atomic mass is 9.96. The van der Waals surface area contributed by atoms with Gasteiger partial charge in [-0.05, 0) is 24.3 Å². The summed E-state index contributed by atoms with van der Waals surface area (Å²) in [4.78, 5) is 4.27. The fourth-order valence-corrected chi connectivity index (χ4v) is 3.58. The van der Waals surface area contributed by atoms with Gasteiger partial charge in [-0.2, -0.15) is 5.26 Å². The predicted molar refractivity (Wildman–Crippen MR) is 109 cm³/mol. The second-order valence-electron chi connectivity index (χ2n) is 6.81. The van der Waals surface area contributed by atoms with Crippen LogP contribution in [0.1, 0.15) is 22.8 Å². The van der Waals surface area contributed by atoms with Crippen molar-refractivity contribution in [3.05, 3.63) is 71.6 Å². The zero-order chi connectivity index (χ0) is 20.7. The summed E-state index contributed by atoms with van der Waals surface area (Å²) in [6.45, 7) is 0.216. The maximum atomic E-state index is 9.53. The fourth-order valence-electron chi connectivity index (χ4n) is 3.58. The fraction of sp³-hybridized carbons (Fsp3) is 0.143. The van der Waals surface area contributed by atoms with E-state index in [1.807, 2.05) is 34.9 Å². The quantitative estimate of drug-likeness (QED) is 0.430. The molecule has 0 aliphatic carbocycles. The van der Waals surface area contributed by atoms with E-state index in [2.05, 4.69) is 21.4 Å². The number of aromatic nitrogens is 5. The Morgan fingerprint density at radius 2 is 2.03 bits per heavy atom. The van der Waals surface area contributed by atoms with Crippen molar-refractivity contribution in [3.8, 4) is 28.9 Å². The van der Waals surface area contributed by atoms with Gasteiger partial charge in [0.1, 0.15) is 44.0 Å². The van der Waals surface area contributed by atoms with Crippen LogP contribution in [0.5, 0.6) is 11.5 Å². The molecule has 1 aliphatic rings. The molecule has 1 aliphatic heterocycles. The van der Waals surface area contributed by atoms with Crippen LogP contribution in [0.4, 0.5) is 0 Å². The number of nitrogens with zero attached hydrogens (tertiary/aromatic N) is 6. The normalized spacial score (nSPS) is 11.6. The molecule has 0 N–H and O–H groups in total. The molecular formula is C21H15BN6O2. The molecule has 0 atom stereocenters. The molecule has 0 amide bonds. The van der Waals surface area contributed by atoms with Crippen molar-refractivity contribution in [2.24, 2.45) is 0 Å². The van der Waals surface area contributed by atoms with Crippen molar-refractivity contribution < 1.29 is 9.47 Å². The third kappa shape index (κ3) is 2.90. The molecule has 0 saturated carbocycles. The van der Waals surface area contributed by atoms with Crippen molar-refractivity contribution >= 4 is 13.3 Å². The Balaban J connectivity index is 1.61. The molecule has 0 fully saturated rings. The molecule has 0 spiro atoms. The molecule has 0 bridgehead atoms. The average Bonchev–Trinajstić information content (AvgIpc) is 3.33. The van der Waals surface area contributed by atoms with Gasteiger partial charge >= 0.3 is 0 Å². The molecule has 0 saturated heterocycles. The molecule has 2 aromatic carbocycles. The number of imidazole rings is 1. The summed E-state index contributed by atoms with van der Waals surface area (Å²) in [5.41, 5.74) is 4.88. The van der Waals surface area contributed by atoms with Gasteiger partial charge in [-0.3, -0.25) is 4.57 Å². The van der Waals surface area contributed by atoms with Crippen LogP contribution in [-0.4, -0.2) is 39.5 Å². The summed E-state index contributed by atoms with van der Waals surface area (Å²) in [7, 11) is 7.44. The summed E-state index contributed by atoms with van der Waals surface area (Å²) < 4.78 is 15.0. The number of nitriles is 1. The minimum Gasteiger partial charge on any atom is -0.497 e. The summed E-state index contributed by atoms with van der Waals surface area (Å²) >= 11 is 0. The Hall–Kier alpha value is -4.06. The lowest BCUT2D eigenvalue weighted by molar-refractivity contribution is 0.300. The summed E-state index contributed by atoms with van der Waals surface area (Å²) in [6, 6.07) is 15.1. The van der Waals surface area contributed by atoms with Crippen molar-refractivity contribution in [1.82, 2.24) is 24.5 Å². The second-order valence-corrected chi connectivity index (χ2v) is 6.81. The van der Waals surface area contributed by atoms with E-state index in [4.69, 9.17) is 17.3 Å². The smallest absolute Gasteiger partial charge is 0.162 e. The van der Waals surface area contributed by atoms with Gasteiger partial charge in [0.25, 0.3) is 0 Å². The Labute approximate surface area is 173 Å². The highest BCUT2D eigenvalue weighted by atomic mass is 16.5. The van der Waals surface area contributed by atoms with Gasteiger partial charge in [0.15, 0.2) is 5.69 Å². The maximum Gasteiger partial charge on any atom is 0.162 e. The van der Waals surface area contributed by atoms with Crippen molar-refractivity contribution in [1.29, 1.82) is 5.26 Å². The largest absolute Gasteiger partial charge is 0.497 e. The topological polar surface area (TPSA) is 90.8 Å². The SMILES string of the molecule is [B]c1cccc(OCc2nnn3c2Cc2c(C#N)ncn2-c2ccc(OC)cc2-3)c1. The molecule has 4 aromatic rings. The predicted octanol–water partition coefficient (Wildman–Crippen LogP) is 1.61. The van der Waals surface area contributed by atoms with E-state index in [9.17, 15) is 5.26 Å². The number of ether oxygens (including phenoxy) is 2. The first kappa shape index (κ1) is 18.0. The van der Waals surface area contributed by atoms with Crippen molar-refractivity contribution in [2.75, 3.05) is 7.11 Å². The van der Waals surface area contributed by atoms with Crippen molar-refractivity contribution in [3.63, 3.8) is 0 Å². The highest BCUT2D eigenvalue weighted by Crippen LogP contribution is 2.32. The molecule has 144 valence electrons. The minimum absolute atomic E-state index is 0.216. The molecule has 8 nitrogen and oxygen atoms in total. The number of rotatable bonds is 4. The van der Waals surface area contributed by atoms with E-state index in [-0.39, 0.29) is 6.61 Å². The van der Waals surface area contributed by atoms with Crippen LogP contribution >= 0.6 is 0 Å². The Bertz CT molecular complexity index is 1300. The van der Waals surface area contributed by atoms with Gasteiger partial charge in [-0.25, -0.2) is 9.67 Å². The lowest BCUT2D eigenvalue weighted by Crippen LogP contribution is -2.07. The molecular weight excluding hydrogens is 379 g/mol. The van der Waals surface area contributed by atoms with Gasteiger partial charge in [0.2, 0.25) is 0 Å². The van der Waals surface area contributed by atoms with Crippen molar-refractivity contribution in [2.45, 2.75) is 13.0 Å². The Morgan fingerprint density at radius 1 is 1.13 bits per heavy atom. The third-order valence-electron chi connectivity index (χ3n) is 5.05. The van der Waals surface area contributed by atoms with Gasteiger partial charge in [0, 0.05) is 12.5 Å². The molecule has 30 heavy (non-hydrogen) atoms. The van der Waals surface area contributed by atoms with Crippen LogP contribution in [0.25, 0.3) is 11.4 Å². The number of benzene rings is 2. The van der Waals surface area contributed by atoms with E-state index in [0.717, 1.165) is 22.8 Å². The molecule has 3 heterocycles. The van der Waals surface area contributed by atoms with Gasteiger partial charge < -0.3 is 9.47 Å². The monoisotopic (exact) mass is 394 g/mol. The maximum absolute atomic E-state index is 9.53. The Kier molecular flexibility index (Phi) is 4.25. The highest BCUT2D eigenvalue weighted by molar-refractivity contribution is 6.32. The zero-order valence-electron chi connectivity index (χ0n) is 16.1. The molecule has 9 heteroatoms. The van der Waals surface area contributed by atoms with Crippen LogP contribution in [0, 0.1) is 11.3 Å². The summed E-state index contributed by atoms with van der Waals surface area (Å²) in [5.74, 6) is 1.34. The van der Waals surface area contributed by atoms with E-state index in [1.165, 1.54) is 0 Å². The second kappa shape index (κ2) is 7.08. The van der Waals surface area contributed by atoms with E-state index < -0.39 is 0 Å². The van der Waals surface area contributed by atoms with E-state index >= 15 is 0 Å². The molecule has 2 radical (unpaired) electrons. The van der Waals surface area contributed by atoms with Crippen LogP contribution in [0.15, 0.2) is 48.8 Å². The van der Waals surface area contributed by atoms with E-state index in [1.54, 1.807) is 30.3 Å². The molecule has 0 unspecified atom stereocenters. The van der Waals surface area contributed by atoms with Crippen LogP contribution < -0.4 is 14.9 Å². The van der Waals surface area contributed by atoms with Gasteiger partial charge in [0.05, 0.1) is 29.9 Å². The first-order valence-corrected chi connectivity index (χ1v) is 9.25. The number of hydrogen-bond acceptors (Lipinski definition) is 6. The first-order valence-electron chi connectivity index (χ1n) is 9.25. The standard InChI is InChI=1S/C21H15BN6O2/c1-29-14-5-6-18-21(8-14)28-20(9-19-16(10-23)24-12-27(18)19)17(25-26-28)11-30-15-4-2-3-13(22)7-15/h2-8,12H,9,11H2,1H3. The zero-order valence-corrected chi connectivity index (χ0v) is 16.1. The summed E-state index contributed by atoms with van der Waals surface area (Å²) in [5, 5.41) is 18.2. The Morgan fingerprint density at radius 3 is 2.83 bits per heavy atom. The van der Waals surface area contributed by atoms with Gasteiger partial charge in [-0.15, -0.1) is 5.10 Å². The molecule has 5 rings (SSSR count). The van der Waals surface area contributed by atoms with Crippen LogP contribution in [0.2, 0.25) is 0 Å². The number of fused-ring (bicyclic) bond motifs is 5. The summed E-state index contributed by atoms with van der Waals surface area (Å²) in [6.07, 6.45) is 2.09. The van der Waals surface area contributed by atoms with E-state index in [0.29, 0.717) is 34.8 Å². The van der Waals surface area contributed by atoms with Crippen LogP contribution in [-0.2, 0) is 13.0 Å².